The Bertz CT molecular complexity index is 436. The second-order valence-corrected chi connectivity index (χ2v) is 3.48. The van der Waals surface area contributed by atoms with Crippen molar-refractivity contribution in [2.75, 3.05) is 5.32 Å². The first kappa shape index (κ1) is 10.5. The molecule has 1 unspecified atom stereocenters. The van der Waals surface area contributed by atoms with Crippen LogP contribution in [0.1, 0.15) is 12.8 Å². The van der Waals surface area contributed by atoms with Crippen molar-refractivity contribution in [3.8, 4) is 0 Å². The van der Waals surface area contributed by atoms with Gasteiger partial charge in [0.2, 0.25) is 11.8 Å². The molecule has 2 N–H and O–H groups in total. The van der Waals surface area contributed by atoms with Gasteiger partial charge in [-0.15, -0.1) is 0 Å². The number of anilines is 1. The van der Waals surface area contributed by atoms with E-state index in [2.05, 4.69) is 15.6 Å². The molecular formula is C10H10FN3O2. The van der Waals surface area contributed by atoms with Crippen LogP contribution >= 0.6 is 0 Å². The molecule has 0 aliphatic carbocycles. The maximum Gasteiger partial charge on any atom is 0.249 e. The molecule has 0 radical (unpaired) electrons. The van der Waals surface area contributed by atoms with E-state index in [4.69, 9.17) is 0 Å². The molecule has 16 heavy (non-hydrogen) atoms. The van der Waals surface area contributed by atoms with E-state index in [9.17, 15) is 14.0 Å². The van der Waals surface area contributed by atoms with E-state index in [1.807, 2.05) is 0 Å². The van der Waals surface area contributed by atoms with Crippen LogP contribution in [0.3, 0.4) is 0 Å². The van der Waals surface area contributed by atoms with Gasteiger partial charge in [0.05, 0.1) is 0 Å². The third-order valence-electron chi connectivity index (χ3n) is 2.31. The van der Waals surface area contributed by atoms with Crippen LogP contribution in [0.2, 0.25) is 0 Å². The normalized spacial score (nSPS) is 20.4. The van der Waals surface area contributed by atoms with Crippen LogP contribution in [0.15, 0.2) is 18.3 Å². The Labute approximate surface area is 91.1 Å². The Morgan fingerprint density at radius 1 is 1.50 bits per heavy atom. The minimum atomic E-state index is -0.609. The van der Waals surface area contributed by atoms with Gasteiger partial charge in [0.15, 0.2) is 11.6 Å². The van der Waals surface area contributed by atoms with Crippen LogP contribution in [-0.2, 0) is 9.59 Å². The number of aromatic nitrogens is 1. The predicted octanol–water partition coefficient (Wildman–Crippen LogP) is 0.438. The Kier molecular flexibility index (Phi) is 2.80. The largest absolute Gasteiger partial charge is 0.356 e. The summed E-state index contributed by atoms with van der Waals surface area (Å²) in [6.45, 7) is 0. The number of pyridine rings is 1. The van der Waals surface area contributed by atoms with Crippen molar-refractivity contribution in [1.29, 1.82) is 0 Å². The van der Waals surface area contributed by atoms with Crippen molar-refractivity contribution in [2.24, 2.45) is 0 Å². The zero-order chi connectivity index (χ0) is 11.5. The van der Waals surface area contributed by atoms with Crippen LogP contribution < -0.4 is 10.6 Å². The van der Waals surface area contributed by atoms with Crippen molar-refractivity contribution in [1.82, 2.24) is 10.3 Å². The van der Waals surface area contributed by atoms with Crippen molar-refractivity contribution in [2.45, 2.75) is 18.9 Å². The fourth-order valence-corrected chi connectivity index (χ4v) is 1.49. The summed E-state index contributed by atoms with van der Waals surface area (Å²) < 4.78 is 13.2. The van der Waals surface area contributed by atoms with Crippen LogP contribution in [0.25, 0.3) is 0 Å². The number of amides is 2. The molecule has 0 aromatic carbocycles. The summed E-state index contributed by atoms with van der Waals surface area (Å²) in [5, 5.41) is 4.85. The fraction of sp³-hybridized carbons (Fsp3) is 0.300. The van der Waals surface area contributed by atoms with Gasteiger partial charge in [-0.2, -0.15) is 0 Å². The van der Waals surface area contributed by atoms with Crippen molar-refractivity contribution < 1.29 is 14.0 Å². The molecule has 0 spiro atoms. The molecule has 6 heteroatoms. The van der Waals surface area contributed by atoms with Crippen molar-refractivity contribution >= 4 is 17.6 Å². The molecule has 0 bridgehead atoms. The number of halogens is 1. The SMILES string of the molecule is O=C1CCC(Nc2ncccc2F)C(=O)N1. The maximum atomic E-state index is 13.2. The van der Waals surface area contributed by atoms with Gasteiger partial charge < -0.3 is 5.32 Å². The zero-order valence-electron chi connectivity index (χ0n) is 8.37. The molecule has 1 aromatic rings. The standard InChI is InChI=1S/C10H10FN3O2/c11-6-2-1-5-12-9(6)13-7-3-4-8(15)14-10(7)16/h1-2,5,7H,3-4H2,(H,12,13)(H,14,15,16). The molecule has 1 aliphatic rings. The molecule has 5 nitrogen and oxygen atoms in total. The summed E-state index contributed by atoms with van der Waals surface area (Å²) in [5.74, 6) is -1.24. The van der Waals surface area contributed by atoms with Gasteiger partial charge >= 0.3 is 0 Å². The number of hydrogen-bond donors (Lipinski definition) is 2. The average molecular weight is 223 g/mol. The predicted molar refractivity (Wildman–Crippen MR) is 54.0 cm³/mol. The van der Waals surface area contributed by atoms with Gasteiger partial charge in [-0.3, -0.25) is 14.9 Å². The van der Waals surface area contributed by atoms with Crippen molar-refractivity contribution in [3.63, 3.8) is 0 Å². The lowest BCUT2D eigenvalue weighted by Gasteiger charge is -2.22. The minimum absolute atomic E-state index is 0.0250. The first-order valence-corrected chi connectivity index (χ1v) is 4.87. The third kappa shape index (κ3) is 2.16. The van der Waals surface area contributed by atoms with E-state index in [-0.39, 0.29) is 18.1 Å². The van der Waals surface area contributed by atoms with E-state index in [1.54, 1.807) is 0 Å². The smallest absolute Gasteiger partial charge is 0.249 e. The maximum absolute atomic E-state index is 13.2. The highest BCUT2D eigenvalue weighted by Gasteiger charge is 2.27. The zero-order valence-corrected chi connectivity index (χ0v) is 8.37. The van der Waals surface area contributed by atoms with Gasteiger partial charge in [-0.05, 0) is 18.6 Å². The molecule has 1 aromatic heterocycles. The minimum Gasteiger partial charge on any atom is -0.356 e. The number of rotatable bonds is 2. The molecule has 1 atom stereocenters. The highest BCUT2D eigenvalue weighted by Crippen LogP contribution is 2.14. The summed E-state index contributed by atoms with van der Waals surface area (Å²) in [4.78, 5) is 26.0. The number of hydrogen-bond acceptors (Lipinski definition) is 4. The molecule has 2 heterocycles. The summed E-state index contributed by atoms with van der Waals surface area (Å²) >= 11 is 0. The lowest BCUT2D eigenvalue weighted by atomic mass is 10.1. The van der Waals surface area contributed by atoms with E-state index >= 15 is 0 Å². The number of nitrogens with zero attached hydrogens (tertiary/aromatic N) is 1. The number of carbonyl (C=O) groups excluding carboxylic acids is 2. The highest BCUT2D eigenvalue weighted by atomic mass is 19.1. The highest BCUT2D eigenvalue weighted by molar-refractivity contribution is 6.01. The van der Waals surface area contributed by atoms with E-state index in [0.717, 1.165) is 0 Å². The molecule has 1 saturated heterocycles. The van der Waals surface area contributed by atoms with Crippen LogP contribution in [0, 0.1) is 5.82 Å². The Hall–Kier alpha value is -1.98. The van der Waals surface area contributed by atoms with Gasteiger partial charge in [0.25, 0.3) is 0 Å². The molecule has 2 amide bonds. The second kappa shape index (κ2) is 4.26. The monoisotopic (exact) mass is 223 g/mol. The number of carbonyl (C=O) groups is 2. The molecule has 0 saturated carbocycles. The molecule has 2 rings (SSSR count). The number of imide groups is 1. The second-order valence-electron chi connectivity index (χ2n) is 3.48. The summed E-state index contributed by atoms with van der Waals surface area (Å²) in [6.07, 6.45) is 2.02. The van der Waals surface area contributed by atoms with E-state index < -0.39 is 17.8 Å². The summed E-state index contributed by atoms with van der Waals surface area (Å²) in [5.41, 5.74) is 0. The van der Waals surface area contributed by atoms with Crippen LogP contribution in [-0.4, -0.2) is 22.8 Å². The Morgan fingerprint density at radius 3 is 3.00 bits per heavy atom. The number of piperidine rings is 1. The third-order valence-corrected chi connectivity index (χ3v) is 2.31. The summed E-state index contributed by atoms with van der Waals surface area (Å²) in [6, 6.07) is 2.11. The van der Waals surface area contributed by atoms with Gasteiger partial charge in [-0.25, -0.2) is 9.37 Å². The van der Waals surface area contributed by atoms with Crippen LogP contribution in [0.4, 0.5) is 10.2 Å². The van der Waals surface area contributed by atoms with E-state index in [0.29, 0.717) is 6.42 Å². The topological polar surface area (TPSA) is 71.1 Å². The molecule has 1 fully saturated rings. The lowest BCUT2D eigenvalue weighted by molar-refractivity contribution is -0.133. The van der Waals surface area contributed by atoms with E-state index in [1.165, 1.54) is 18.3 Å². The lowest BCUT2D eigenvalue weighted by Crippen LogP contribution is -2.47. The molecular weight excluding hydrogens is 213 g/mol. The first-order chi connectivity index (χ1) is 7.66. The quantitative estimate of drug-likeness (QED) is 0.713. The molecule has 1 aliphatic heterocycles. The first-order valence-electron chi connectivity index (χ1n) is 4.87. The van der Waals surface area contributed by atoms with Gasteiger partial charge in [0, 0.05) is 12.6 Å². The van der Waals surface area contributed by atoms with Crippen LogP contribution in [0.5, 0.6) is 0 Å². The average Bonchev–Trinajstić information content (AvgIpc) is 2.25. The van der Waals surface area contributed by atoms with Crippen molar-refractivity contribution in [3.05, 3.63) is 24.1 Å². The number of nitrogens with one attached hydrogen (secondary N) is 2. The Balaban J connectivity index is 2.08. The fourth-order valence-electron chi connectivity index (χ4n) is 1.49. The summed E-state index contributed by atoms with van der Waals surface area (Å²) in [7, 11) is 0. The van der Waals surface area contributed by atoms with Gasteiger partial charge in [-0.1, -0.05) is 0 Å². The van der Waals surface area contributed by atoms with Gasteiger partial charge in [0.1, 0.15) is 6.04 Å². The Morgan fingerprint density at radius 2 is 2.31 bits per heavy atom. The molecule has 84 valence electrons.